The number of halogens is 2. The van der Waals surface area contributed by atoms with Gasteiger partial charge in [-0.25, -0.2) is 8.42 Å². The molecule has 1 spiro atoms. The summed E-state index contributed by atoms with van der Waals surface area (Å²) in [6, 6.07) is 8.10. The molecule has 28 heavy (non-hydrogen) atoms. The van der Waals surface area contributed by atoms with Crippen LogP contribution in [0.5, 0.6) is 0 Å². The van der Waals surface area contributed by atoms with Crippen molar-refractivity contribution in [1.29, 1.82) is 0 Å². The Morgan fingerprint density at radius 3 is 2.57 bits per heavy atom. The standard InChI is InChI=1S/C18H18Cl2N2O4S2/c19-13-3-4-15(20)14(12-13)17(23)21-7-5-18(6-8-21)22(9-10-26-18)28(24,25)16-2-1-11-27-16/h1-4,11-12H,5-10H2. The van der Waals surface area contributed by atoms with Crippen molar-refractivity contribution >= 4 is 50.5 Å². The topological polar surface area (TPSA) is 66.9 Å². The molecule has 150 valence electrons. The third kappa shape index (κ3) is 3.46. The van der Waals surface area contributed by atoms with Gasteiger partial charge in [0.05, 0.1) is 17.2 Å². The average Bonchev–Trinajstić information content (AvgIpc) is 3.35. The fourth-order valence-corrected chi connectivity index (χ4v) is 6.93. The summed E-state index contributed by atoms with van der Waals surface area (Å²) in [6.07, 6.45) is 0.809. The van der Waals surface area contributed by atoms with Crippen LogP contribution in [0.3, 0.4) is 0 Å². The van der Waals surface area contributed by atoms with E-state index >= 15 is 0 Å². The van der Waals surface area contributed by atoms with Gasteiger partial charge in [0.15, 0.2) is 0 Å². The molecule has 0 radical (unpaired) electrons. The van der Waals surface area contributed by atoms with E-state index in [2.05, 4.69) is 0 Å². The predicted octanol–water partition coefficient (Wildman–Crippen LogP) is 3.71. The van der Waals surface area contributed by atoms with Gasteiger partial charge in [-0.3, -0.25) is 4.79 Å². The number of carbonyl (C=O) groups excluding carboxylic acids is 1. The van der Waals surface area contributed by atoms with Crippen molar-refractivity contribution in [3.8, 4) is 0 Å². The zero-order valence-electron chi connectivity index (χ0n) is 14.8. The SMILES string of the molecule is O=C(c1cc(Cl)ccc1Cl)N1CCC2(CC1)OCCN2S(=O)(=O)c1cccs1. The molecule has 1 aromatic heterocycles. The Bertz CT molecular complexity index is 987. The molecule has 0 aliphatic carbocycles. The van der Waals surface area contributed by atoms with Gasteiger partial charge in [0, 0.05) is 37.5 Å². The third-order valence-electron chi connectivity index (χ3n) is 5.15. The monoisotopic (exact) mass is 460 g/mol. The summed E-state index contributed by atoms with van der Waals surface area (Å²) in [4.78, 5) is 14.5. The lowest BCUT2D eigenvalue weighted by Gasteiger charge is -2.42. The van der Waals surface area contributed by atoms with Crippen LogP contribution >= 0.6 is 34.5 Å². The Kier molecular flexibility index (Phi) is 5.45. The average molecular weight is 461 g/mol. The Balaban J connectivity index is 1.53. The summed E-state index contributed by atoms with van der Waals surface area (Å²) < 4.78 is 33.8. The smallest absolute Gasteiger partial charge is 0.255 e. The maximum atomic E-state index is 13.0. The molecule has 0 atom stereocenters. The van der Waals surface area contributed by atoms with Crippen molar-refractivity contribution in [1.82, 2.24) is 9.21 Å². The van der Waals surface area contributed by atoms with Crippen LogP contribution in [-0.2, 0) is 14.8 Å². The first-order valence-electron chi connectivity index (χ1n) is 8.78. The lowest BCUT2D eigenvalue weighted by atomic mass is 10.00. The molecule has 2 fully saturated rings. The van der Waals surface area contributed by atoms with Crippen LogP contribution in [0, 0.1) is 0 Å². The van der Waals surface area contributed by atoms with Crippen molar-refractivity contribution in [3.63, 3.8) is 0 Å². The minimum absolute atomic E-state index is 0.215. The summed E-state index contributed by atoms with van der Waals surface area (Å²) in [5.41, 5.74) is -0.557. The lowest BCUT2D eigenvalue weighted by molar-refractivity contribution is -0.0856. The van der Waals surface area contributed by atoms with Crippen LogP contribution in [0.15, 0.2) is 39.9 Å². The van der Waals surface area contributed by atoms with Crippen LogP contribution in [0.1, 0.15) is 23.2 Å². The highest BCUT2D eigenvalue weighted by atomic mass is 35.5. The minimum atomic E-state index is -3.62. The molecule has 0 bridgehead atoms. The van der Waals surface area contributed by atoms with Crippen molar-refractivity contribution in [2.45, 2.75) is 22.8 Å². The fourth-order valence-electron chi connectivity index (χ4n) is 3.74. The van der Waals surface area contributed by atoms with Gasteiger partial charge in [0.25, 0.3) is 15.9 Å². The Labute approximate surface area is 177 Å². The third-order valence-corrected chi connectivity index (χ3v) is 9.04. The molecule has 1 aromatic carbocycles. The normalized spacial score (nSPS) is 20.0. The van der Waals surface area contributed by atoms with E-state index in [0.29, 0.717) is 58.9 Å². The molecule has 2 saturated heterocycles. The first kappa shape index (κ1) is 20.1. The first-order valence-corrected chi connectivity index (χ1v) is 11.9. The van der Waals surface area contributed by atoms with E-state index in [1.807, 2.05) is 0 Å². The van der Waals surface area contributed by atoms with E-state index < -0.39 is 15.7 Å². The number of ether oxygens (including phenoxy) is 1. The number of amides is 1. The highest BCUT2D eigenvalue weighted by Crippen LogP contribution is 2.39. The molecule has 4 rings (SSSR count). The highest BCUT2D eigenvalue weighted by molar-refractivity contribution is 7.91. The zero-order chi connectivity index (χ0) is 19.9. The van der Waals surface area contributed by atoms with Gasteiger partial charge in [-0.05, 0) is 29.6 Å². The van der Waals surface area contributed by atoms with E-state index in [-0.39, 0.29) is 5.91 Å². The molecule has 2 aliphatic rings. The van der Waals surface area contributed by atoms with Crippen LogP contribution in [-0.4, -0.2) is 55.5 Å². The van der Waals surface area contributed by atoms with E-state index in [1.54, 1.807) is 40.6 Å². The van der Waals surface area contributed by atoms with Gasteiger partial charge in [0.2, 0.25) is 0 Å². The van der Waals surface area contributed by atoms with Crippen LogP contribution in [0.25, 0.3) is 0 Å². The number of nitrogens with zero attached hydrogens (tertiary/aromatic N) is 2. The second-order valence-corrected chi connectivity index (χ2v) is 10.6. The lowest BCUT2D eigenvalue weighted by Crippen LogP contribution is -2.55. The molecule has 2 aromatic rings. The molecule has 1 amide bonds. The summed E-state index contributed by atoms with van der Waals surface area (Å²) in [6.45, 7) is 1.41. The number of rotatable bonds is 3. The van der Waals surface area contributed by atoms with Crippen molar-refractivity contribution in [3.05, 3.63) is 51.3 Å². The Hall–Kier alpha value is -1.16. The number of thiophene rings is 1. The fraction of sp³-hybridized carbons (Fsp3) is 0.389. The van der Waals surface area contributed by atoms with Crippen LogP contribution < -0.4 is 0 Å². The summed E-state index contributed by atoms with van der Waals surface area (Å²) in [7, 11) is -3.62. The Morgan fingerprint density at radius 1 is 1.14 bits per heavy atom. The van der Waals surface area contributed by atoms with Gasteiger partial charge in [-0.1, -0.05) is 29.3 Å². The van der Waals surface area contributed by atoms with Gasteiger partial charge >= 0.3 is 0 Å². The largest absolute Gasteiger partial charge is 0.358 e. The molecule has 0 unspecified atom stereocenters. The van der Waals surface area contributed by atoms with Crippen LogP contribution in [0.2, 0.25) is 10.0 Å². The second-order valence-electron chi connectivity index (χ2n) is 6.72. The summed E-state index contributed by atoms with van der Waals surface area (Å²) in [5, 5.41) is 2.52. The van der Waals surface area contributed by atoms with Crippen molar-refractivity contribution < 1.29 is 17.9 Å². The molecule has 10 heteroatoms. The number of sulfonamides is 1. The second kappa shape index (κ2) is 7.59. The van der Waals surface area contributed by atoms with Gasteiger partial charge < -0.3 is 9.64 Å². The number of likely N-dealkylation sites (tertiary alicyclic amines) is 1. The molecule has 0 N–H and O–H groups in total. The summed E-state index contributed by atoms with van der Waals surface area (Å²) >= 11 is 13.3. The molecule has 0 saturated carbocycles. The molecular formula is C18H18Cl2N2O4S2. The molecule has 6 nitrogen and oxygen atoms in total. The number of piperidine rings is 1. The molecular weight excluding hydrogens is 443 g/mol. The van der Waals surface area contributed by atoms with E-state index in [0.717, 1.165) is 0 Å². The quantitative estimate of drug-likeness (QED) is 0.699. The maximum Gasteiger partial charge on any atom is 0.255 e. The number of carbonyl (C=O) groups is 1. The maximum absolute atomic E-state index is 13.0. The van der Waals surface area contributed by atoms with E-state index in [1.165, 1.54) is 15.6 Å². The minimum Gasteiger partial charge on any atom is -0.358 e. The van der Waals surface area contributed by atoms with Crippen molar-refractivity contribution in [2.75, 3.05) is 26.2 Å². The zero-order valence-corrected chi connectivity index (χ0v) is 18.0. The van der Waals surface area contributed by atoms with Gasteiger partial charge in [-0.2, -0.15) is 4.31 Å². The van der Waals surface area contributed by atoms with Gasteiger partial charge in [-0.15, -0.1) is 11.3 Å². The number of benzene rings is 1. The predicted molar refractivity (Wildman–Crippen MR) is 108 cm³/mol. The number of hydrogen-bond acceptors (Lipinski definition) is 5. The summed E-state index contributed by atoms with van der Waals surface area (Å²) in [5.74, 6) is -0.215. The van der Waals surface area contributed by atoms with Crippen molar-refractivity contribution in [2.24, 2.45) is 0 Å². The Morgan fingerprint density at radius 2 is 1.89 bits per heavy atom. The number of hydrogen-bond donors (Lipinski definition) is 0. The molecule has 3 heterocycles. The highest BCUT2D eigenvalue weighted by Gasteiger charge is 2.51. The molecule has 2 aliphatic heterocycles. The van der Waals surface area contributed by atoms with E-state index in [4.69, 9.17) is 27.9 Å². The first-order chi connectivity index (χ1) is 13.3. The van der Waals surface area contributed by atoms with Crippen LogP contribution in [0.4, 0.5) is 0 Å². The van der Waals surface area contributed by atoms with E-state index in [9.17, 15) is 13.2 Å². The van der Waals surface area contributed by atoms with Gasteiger partial charge in [0.1, 0.15) is 9.93 Å².